The summed E-state index contributed by atoms with van der Waals surface area (Å²) in [5, 5.41) is 3.76. The van der Waals surface area contributed by atoms with Crippen LogP contribution in [0.2, 0.25) is 0 Å². The summed E-state index contributed by atoms with van der Waals surface area (Å²) < 4.78 is 0. The SMILES string of the molecule is CCCc1cccnc1[C@H](C)N(CCCCN)C[C@H]1NCCc2ccccc21. The number of hydrogen-bond acceptors (Lipinski definition) is 4. The molecule has 0 spiro atoms. The molecule has 0 bridgehead atoms. The van der Waals surface area contributed by atoms with Crippen molar-refractivity contribution in [1.29, 1.82) is 0 Å². The molecule has 0 amide bonds. The van der Waals surface area contributed by atoms with Gasteiger partial charge >= 0.3 is 0 Å². The summed E-state index contributed by atoms with van der Waals surface area (Å²) in [6.07, 6.45) is 7.51. The molecule has 0 aliphatic carbocycles. The maximum absolute atomic E-state index is 5.77. The molecule has 0 unspecified atom stereocenters. The predicted octanol–water partition coefficient (Wildman–Crippen LogP) is 4.02. The van der Waals surface area contributed by atoms with Crippen LogP contribution in [0.4, 0.5) is 0 Å². The van der Waals surface area contributed by atoms with E-state index in [1.807, 2.05) is 6.20 Å². The van der Waals surface area contributed by atoms with Gasteiger partial charge in [-0.05, 0) is 75.0 Å². The lowest BCUT2D eigenvalue weighted by Crippen LogP contribution is -2.41. The third-order valence-electron chi connectivity index (χ3n) is 5.92. The number of pyridine rings is 1. The highest BCUT2D eigenvalue weighted by Crippen LogP contribution is 2.28. The van der Waals surface area contributed by atoms with Crippen LogP contribution < -0.4 is 11.1 Å². The van der Waals surface area contributed by atoms with E-state index >= 15 is 0 Å². The van der Waals surface area contributed by atoms with E-state index in [1.54, 1.807) is 0 Å². The molecule has 3 N–H and O–H groups in total. The molecule has 0 fully saturated rings. The molecular weight excluding hydrogens is 344 g/mol. The maximum atomic E-state index is 5.77. The number of fused-ring (bicyclic) bond motifs is 1. The van der Waals surface area contributed by atoms with Gasteiger partial charge in [-0.15, -0.1) is 0 Å². The van der Waals surface area contributed by atoms with E-state index in [2.05, 4.69) is 60.5 Å². The van der Waals surface area contributed by atoms with Crippen molar-refractivity contribution >= 4 is 0 Å². The van der Waals surface area contributed by atoms with Crippen LogP contribution >= 0.6 is 0 Å². The highest BCUT2D eigenvalue weighted by Gasteiger charge is 2.26. The molecule has 1 aromatic heterocycles. The number of rotatable bonds is 10. The first kappa shape index (κ1) is 21.0. The highest BCUT2D eigenvalue weighted by atomic mass is 15.2. The van der Waals surface area contributed by atoms with Crippen molar-refractivity contribution in [3.8, 4) is 0 Å². The molecule has 3 rings (SSSR count). The largest absolute Gasteiger partial charge is 0.330 e. The molecular formula is C24H36N4. The first-order chi connectivity index (χ1) is 13.7. The van der Waals surface area contributed by atoms with Crippen LogP contribution in [0.1, 0.15) is 67.6 Å². The summed E-state index contributed by atoms with van der Waals surface area (Å²) in [4.78, 5) is 7.41. The second-order valence-electron chi connectivity index (χ2n) is 7.92. The van der Waals surface area contributed by atoms with Gasteiger partial charge in [0.1, 0.15) is 0 Å². The zero-order valence-electron chi connectivity index (χ0n) is 17.5. The second-order valence-corrected chi connectivity index (χ2v) is 7.92. The van der Waals surface area contributed by atoms with E-state index in [0.29, 0.717) is 12.1 Å². The number of aryl methyl sites for hydroxylation is 1. The molecule has 152 valence electrons. The minimum absolute atomic E-state index is 0.302. The van der Waals surface area contributed by atoms with Crippen molar-refractivity contribution in [3.05, 3.63) is 65.0 Å². The average Bonchev–Trinajstić information content (AvgIpc) is 2.73. The zero-order valence-corrected chi connectivity index (χ0v) is 17.5. The van der Waals surface area contributed by atoms with E-state index in [9.17, 15) is 0 Å². The van der Waals surface area contributed by atoms with Gasteiger partial charge in [-0.2, -0.15) is 0 Å². The highest BCUT2D eigenvalue weighted by molar-refractivity contribution is 5.33. The van der Waals surface area contributed by atoms with Crippen molar-refractivity contribution in [3.63, 3.8) is 0 Å². The van der Waals surface area contributed by atoms with Gasteiger partial charge in [0.25, 0.3) is 0 Å². The van der Waals surface area contributed by atoms with Crippen molar-refractivity contribution < 1.29 is 0 Å². The molecule has 2 aromatic rings. The Labute approximate surface area is 170 Å². The van der Waals surface area contributed by atoms with Gasteiger partial charge in [-0.1, -0.05) is 43.7 Å². The lowest BCUT2D eigenvalue weighted by Gasteiger charge is -2.36. The molecule has 1 aromatic carbocycles. The fraction of sp³-hybridized carbons (Fsp3) is 0.542. The molecule has 0 saturated heterocycles. The summed E-state index contributed by atoms with van der Waals surface area (Å²) in [6.45, 7) is 8.43. The molecule has 1 aliphatic rings. The normalized spacial score (nSPS) is 17.5. The Bertz CT molecular complexity index is 730. The number of nitrogens with one attached hydrogen (secondary N) is 1. The number of nitrogens with two attached hydrogens (primary N) is 1. The van der Waals surface area contributed by atoms with E-state index in [1.165, 1.54) is 22.4 Å². The predicted molar refractivity (Wildman–Crippen MR) is 117 cm³/mol. The van der Waals surface area contributed by atoms with Crippen LogP contribution in [-0.4, -0.2) is 36.1 Å². The fourth-order valence-electron chi connectivity index (χ4n) is 4.37. The standard InChI is InChI=1S/C24H36N4/c1-3-9-21-11-8-15-27-24(21)19(2)28(17-7-6-14-25)18-23-22-12-5-4-10-20(22)13-16-26-23/h4-5,8,10-12,15,19,23,26H,3,6-7,9,13-14,16-18,25H2,1-2H3/t19-,23+/m0/s1. The summed E-state index contributed by atoms with van der Waals surface area (Å²) in [5.41, 5.74) is 11.3. The third kappa shape index (κ3) is 5.19. The minimum atomic E-state index is 0.302. The van der Waals surface area contributed by atoms with Crippen molar-refractivity contribution in [2.75, 3.05) is 26.2 Å². The molecule has 1 aliphatic heterocycles. The van der Waals surface area contributed by atoms with Crippen molar-refractivity contribution in [2.45, 2.75) is 58.0 Å². The lowest BCUT2D eigenvalue weighted by molar-refractivity contribution is 0.178. The molecule has 4 nitrogen and oxygen atoms in total. The van der Waals surface area contributed by atoms with Gasteiger partial charge in [-0.3, -0.25) is 9.88 Å². The summed E-state index contributed by atoms with van der Waals surface area (Å²) in [5.74, 6) is 0. The van der Waals surface area contributed by atoms with Crippen LogP contribution in [0.3, 0.4) is 0 Å². The Balaban J connectivity index is 1.81. The van der Waals surface area contributed by atoms with Crippen LogP contribution in [-0.2, 0) is 12.8 Å². The smallest absolute Gasteiger partial charge is 0.0604 e. The van der Waals surface area contributed by atoms with Crippen LogP contribution in [0.5, 0.6) is 0 Å². The summed E-state index contributed by atoms with van der Waals surface area (Å²) in [7, 11) is 0. The van der Waals surface area contributed by atoms with Gasteiger partial charge in [0.05, 0.1) is 5.69 Å². The zero-order chi connectivity index (χ0) is 19.8. The van der Waals surface area contributed by atoms with E-state index in [-0.39, 0.29) is 0 Å². The quantitative estimate of drug-likeness (QED) is 0.611. The minimum Gasteiger partial charge on any atom is -0.330 e. The van der Waals surface area contributed by atoms with E-state index in [0.717, 1.165) is 58.3 Å². The van der Waals surface area contributed by atoms with Gasteiger partial charge in [-0.25, -0.2) is 0 Å². The number of aromatic nitrogens is 1. The molecule has 2 heterocycles. The van der Waals surface area contributed by atoms with Crippen LogP contribution in [0.15, 0.2) is 42.6 Å². The topological polar surface area (TPSA) is 54.2 Å². The van der Waals surface area contributed by atoms with Gasteiger partial charge in [0.15, 0.2) is 0 Å². The Morgan fingerprint density at radius 1 is 1.21 bits per heavy atom. The Hall–Kier alpha value is -1.75. The number of hydrogen-bond donors (Lipinski definition) is 2. The number of benzene rings is 1. The van der Waals surface area contributed by atoms with Gasteiger partial charge in [0.2, 0.25) is 0 Å². The fourth-order valence-corrected chi connectivity index (χ4v) is 4.37. The van der Waals surface area contributed by atoms with Gasteiger partial charge < -0.3 is 11.1 Å². The lowest BCUT2D eigenvalue weighted by atomic mass is 9.93. The maximum Gasteiger partial charge on any atom is 0.0604 e. The number of nitrogens with zero attached hydrogens (tertiary/aromatic N) is 2. The number of unbranched alkanes of at least 4 members (excludes halogenated alkanes) is 1. The summed E-state index contributed by atoms with van der Waals surface area (Å²) in [6, 6.07) is 13.9. The van der Waals surface area contributed by atoms with Crippen molar-refractivity contribution in [2.24, 2.45) is 5.73 Å². The monoisotopic (exact) mass is 380 g/mol. The Kier molecular flexibility index (Phi) is 8.01. The van der Waals surface area contributed by atoms with E-state index < -0.39 is 0 Å². The first-order valence-electron chi connectivity index (χ1n) is 10.9. The van der Waals surface area contributed by atoms with Crippen LogP contribution in [0, 0.1) is 0 Å². The molecule has 4 heteroatoms. The average molecular weight is 381 g/mol. The second kappa shape index (κ2) is 10.7. The molecule has 0 saturated carbocycles. The van der Waals surface area contributed by atoms with E-state index in [4.69, 9.17) is 10.7 Å². The third-order valence-corrected chi connectivity index (χ3v) is 5.92. The molecule has 2 atom stereocenters. The van der Waals surface area contributed by atoms with Crippen LogP contribution in [0.25, 0.3) is 0 Å². The molecule has 28 heavy (non-hydrogen) atoms. The first-order valence-corrected chi connectivity index (χ1v) is 10.9. The van der Waals surface area contributed by atoms with Gasteiger partial charge in [0, 0.05) is 24.8 Å². The van der Waals surface area contributed by atoms with Crippen molar-refractivity contribution in [1.82, 2.24) is 15.2 Å². The Morgan fingerprint density at radius 2 is 2.07 bits per heavy atom. The summed E-state index contributed by atoms with van der Waals surface area (Å²) >= 11 is 0. The Morgan fingerprint density at radius 3 is 2.89 bits per heavy atom. The molecule has 0 radical (unpaired) electrons.